The number of benzene rings is 1. The van der Waals surface area contributed by atoms with E-state index in [1.54, 1.807) is 0 Å². The van der Waals surface area contributed by atoms with E-state index >= 15 is 0 Å². The van der Waals surface area contributed by atoms with Crippen molar-refractivity contribution in [3.05, 3.63) is 58.5 Å². The van der Waals surface area contributed by atoms with E-state index < -0.39 is 0 Å². The van der Waals surface area contributed by atoms with Crippen LogP contribution < -0.4 is 0 Å². The third kappa shape index (κ3) is 3.54. The minimum atomic E-state index is 0.115. The molecule has 3 rings (SSSR count). The van der Waals surface area contributed by atoms with Gasteiger partial charge in [0.05, 0.1) is 5.56 Å². The Morgan fingerprint density at radius 1 is 1.00 bits per heavy atom. The van der Waals surface area contributed by atoms with Crippen molar-refractivity contribution in [2.75, 3.05) is 32.7 Å². The van der Waals surface area contributed by atoms with Gasteiger partial charge >= 0.3 is 0 Å². The maximum absolute atomic E-state index is 12.8. The zero-order valence-corrected chi connectivity index (χ0v) is 14.8. The van der Waals surface area contributed by atoms with Crippen LogP contribution in [0.1, 0.15) is 33.0 Å². The van der Waals surface area contributed by atoms with Crippen molar-refractivity contribution in [2.24, 2.45) is 0 Å². The van der Waals surface area contributed by atoms with Crippen LogP contribution >= 0.6 is 0 Å². The van der Waals surface area contributed by atoms with Gasteiger partial charge in [-0.15, -0.1) is 0 Å². The van der Waals surface area contributed by atoms with Crippen LogP contribution in [-0.2, 0) is 6.42 Å². The Balaban J connectivity index is 1.54. The van der Waals surface area contributed by atoms with Crippen LogP contribution in [-0.4, -0.2) is 48.4 Å². The van der Waals surface area contributed by atoms with Crippen molar-refractivity contribution < 1.29 is 9.21 Å². The molecule has 1 fully saturated rings. The summed E-state index contributed by atoms with van der Waals surface area (Å²) in [5.74, 6) is 1.70. The zero-order valence-electron chi connectivity index (χ0n) is 14.8. The van der Waals surface area contributed by atoms with Gasteiger partial charge in [0, 0.05) is 38.3 Å². The molecule has 0 radical (unpaired) electrons. The second kappa shape index (κ2) is 7.22. The molecule has 0 aliphatic carbocycles. The van der Waals surface area contributed by atoms with Gasteiger partial charge in [0.25, 0.3) is 5.91 Å². The van der Waals surface area contributed by atoms with Crippen LogP contribution in [0.15, 0.2) is 34.7 Å². The molecule has 24 heavy (non-hydrogen) atoms. The summed E-state index contributed by atoms with van der Waals surface area (Å²) in [5, 5.41) is 0. The van der Waals surface area contributed by atoms with Crippen molar-refractivity contribution in [3.8, 4) is 0 Å². The Morgan fingerprint density at radius 3 is 2.25 bits per heavy atom. The first-order chi connectivity index (χ1) is 11.6. The third-order valence-electron chi connectivity index (χ3n) is 4.99. The zero-order chi connectivity index (χ0) is 17.1. The Morgan fingerprint density at radius 2 is 1.67 bits per heavy atom. The Bertz CT molecular complexity index is 698. The van der Waals surface area contributed by atoms with Gasteiger partial charge in [-0.25, -0.2) is 0 Å². The molecule has 1 aromatic carbocycles. The Labute approximate surface area is 144 Å². The minimum absolute atomic E-state index is 0.115. The van der Waals surface area contributed by atoms with E-state index in [1.807, 2.05) is 25.7 Å². The molecule has 1 aromatic heterocycles. The van der Waals surface area contributed by atoms with Crippen molar-refractivity contribution >= 4 is 5.91 Å². The highest BCUT2D eigenvalue weighted by Crippen LogP contribution is 2.23. The van der Waals surface area contributed by atoms with Crippen LogP contribution in [0, 0.1) is 20.8 Å². The van der Waals surface area contributed by atoms with Crippen molar-refractivity contribution in [1.29, 1.82) is 0 Å². The maximum Gasteiger partial charge on any atom is 0.257 e. The van der Waals surface area contributed by atoms with Gasteiger partial charge in [-0.2, -0.15) is 0 Å². The molecule has 1 saturated heterocycles. The van der Waals surface area contributed by atoms with Crippen molar-refractivity contribution in [2.45, 2.75) is 27.2 Å². The molecule has 1 aliphatic heterocycles. The minimum Gasteiger partial charge on any atom is -0.466 e. The summed E-state index contributed by atoms with van der Waals surface area (Å²) in [6, 6.07) is 10.6. The summed E-state index contributed by atoms with van der Waals surface area (Å²) in [6.45, 7) is 10.3. The number of aryl methyl sites for hydroxylation is 2. The van der Waals surface area contributed by atoms with Gasteiger partial charge < -0.3 is 9.32 Å². The molecule has 0 N–H and O–H groups in total. The summed E-state index contributed by atoms with van der Waals surface area (Å²) in [7, 11) is 0. The van der Waals surface area contributed by atoms with Gasteiger partial charge in [0.15, 0.2) is 0 Å². The first-order valence-corrected chi connectivity index (χ1v) is 8.68. The SMILES string of the molecule is Cc1oc(C)c(C(=O)N2CCN(CCc3ccccc3)CC2)c1C. The lowest BCUT2D eigenvalue weighted by molar-refractivity contribution is 0.0636. The Kier molecular flexibility index (Phi) is 5.05. The van der Waals surface area contributed by atoms with Gasteiger partial charge in [-0.3, -0.25) is 9.69 Å². The molecule has 0 bridgehead atoms. The number of rotatable bonds is 4. The lowest BCUT2D eigenvalue weighted by atomic mass is 10.1. The number of carbonyl (C=O) groups excluding carboxylic acids is 1. The van der Waals surface area contributed by atoms with Crippen LogP contribution in [0.5, 0.6) is 0 Å². The first kappa shape index (κ1) is 16.8. The highest BCUT2D eigenvalue weighted by atomic mass is 16.3. The average Bonchev–Trinajstić information content (AvgIpc) is 2.86. The van der Waals surface area contributed by atoms with Gasteiger partial charge in [-0.05, 0) is 32.8 Å². The second-order valence-corrected chi connectivity index (χ2v) is 6.58. The summed E-state index contributed by atoms with van der Waals surface area (Å²) in [6.07, 6.45) is 1.06. The van der Waals surface area contributed by atoms with Crippen LogP contribution in [0.4, 0.5) is 0 Å². The molecule has 2 heterocycles. The fraction of sp³-hybridized carbons (Fsp3) is 0.450. The number of hydrogen-bond acceptors (Lipinski definition) is 3. The van der Waals surface area contributed by atoms with Crippen LogP contribution in [0.2, 0.25) is 0 Å². The van der Waals surface area contributed by atoms with Gasteiger partial charge in [0.2, 0.25) is 0 Å². The van der Waals surface area contributed by atoms with E-state index in [0.29, 0.717) is 0 Å². The molecule has 0 unspecified atom stereocenters. The molecule has 4 heteroatoms. The standard InChI is InChI=1S/C20H26N2O2/c1-15-16(2)24-17(3)19(15)20(23)22-13-11-21(12-14-22)10-9-18-7-5-4-6-8-18/h4-8H,9-14H2,1-3H3. The summed E-state index contributed by atoms with van der Waals surface area (Å²) < 4.78 is 5.61. The van der Waals surface area contributed by atoms with Gasteiger partial charge in [0.1, 0.15) is 11.5 Å². The largest absolute Gasteiger partial charge is 0.466 e. The van der Waals surface area contributed by atoms with Crippen molar-refractivity contribution in [1.82, 2.24) is 9.80 Å². The van der Waals surface area contributed by atoms with Gasteiger partial charge in [-0.1, -0.05) is 30.3 Å². The third-order valence-corrected chi connectivity index (χ3v) is 4.99. The molecular weight excluding hydrogens is 300 g/mol. The van der Waals surface area contributed by atoms with E-state index in [4.69, 9.17) is 4.42 Å². The topological polar surface area (TPSA) is 36.7 Å². The fourth-order valence-electron chi connectivity index (χ4n) is 3.37. The molecule has 2 aromatic rings. The van der Waals surface area contributed by atoms with E-state index in [-0.39, 0.29) is 5.91 Å². The summed E-state index contributed by atoms with van der Waals surface area (Å²) in [5.41, 5.74) is 3.10. The predicted octanol–water partition coefficient (Wildman–Crippen LogP) is 3.21. The lowest BCUT2D eigenvalue weighted by Crippen LogP contribution is -2.49. The molecule has 0 spiro atoms. The molecule has 0 saturated carbocycles. The summed E-state index contributed by atoms with van der Waals surface area (Å²) >= 11 is 0. The van der Waals surface area contributed by atoms with Crippen LogP contribution in [0.3, 0.4) is 0 Å². The number of piperazine rings is 1. The number of nitrogens with zero attached hydrogens (tertiary/aromatic N) is 2. The summed E-state index contributed by atoms with van der Waals surface area (Å²) in [4.78, 5) is 17.2. The normalized spacial score (nSPS) is 15.7. The Hall–Kier alpha value is -2.07. The second-order valence-electron chi connectivity index (χ2n) is 6.58. The number of furan rings is 1. The monoisotopic (exact) mass is 326 g/mol. The quantitative estimate of drug-likeness (QED) is 0.866. The number of hydrogen-bond donors (Lipinski definition) is 0. The molecule has 1 amide bonds. The van der Waals surface area contributed by atoms with E-state index in [9.17, 15) is 4.79 Å². The highest BCUT2D eigenvalue weighted by molar-refractivity contribution is 5.97. The first-order valence-electron chi connectivity index (χ1n) is 8.68. The van der Waals surface area contributed by atoms with E-state index in [2.05, 4.69) is 35.2 Å². The van der Waals surface area contributed by atoms with Crippen molar-refractivity contribution in [3.63, 3.8) is 0 Å². The number of carbonyl (C=O) groups is 1. The molecule has 4 nitrogen and oxygen atoms in total. The predicted molar refractivity (Wildman–Crippen MR) is 95.4 cm³/mol. The maximum atomic E-state index is 12.8. The molecule has 1 aliphatic rings. The van der Waals surface area contributed by atoms with Crippen LogP contribution in [0.25, 0.3) is 0 Å². The molecule has 128 valence electrons. The highest BCUT2D eigenvalue weighted by Gasteiger charge is 2.26. The average molecular weight is 326 g/mol. The van der Waals surface area contributed by atoms with E-state index in [0.717, 1.165) is 61.8 Å². The smallest absolute Gasteiger partial charge is 0.257 e. The fourth-order valence-corrected chi connectivity index (χ4v) is 3.37. The number of amides is 1. The van der Waals surface area contributed by atoms with E-state index in [1.165, 1.54) is 5.56 Å². The molecule has 0 atom stereocenters. The molecular formula is C20H26N2O2. The lowest BCUT2D eigenvalue weighted by Gasteiger charge is -2.34.